The summed E-state index contributed by atoms with van der Waals surface area (Å²) < 4.78 is 2.87. The molecule has 2 heterocycles. The van der Waals surface area contributed by atoms with Crippen LogP contribution >= 0.6 is 35.1 Å². The summed E-state index contributed by atoms with van der Waals surface area (Å²) in [7, 11) is 2.01. The number of likely N-dealkylation sites (N-methyl/N-ethyl adjacent to an activating group) is 1. The quantitative estimate of drug-likeness (QED) is 0.875. The maximum atomic E-state index is 3.26. The number of rotatable bonds is 3. The van der Waals surface area contributed by atoms with Crippen LogP contribution < -0.4 is 5.32 Å². The maximum absolute atomic E-state index is 3.26. The Bertz CT molecular complexity index is 365. The van der Waals surface area contributed by atoms with Crippen molar-refractivity contribution in [2.24, 2.45) is 0 Å². The van der Waals surface area contributed by atoms with Gasteiger partial charge in [0.15, 0.2) is 0 Å². The van der Waals surface area contributed by atoms with Crippen molar-refractivity contribution in [1.29, 1.82) is 0 Å². The van der Waals surface area contributed by atoms with Gasteiger partial charge in [0.2, 0.25) is 0 Å². The third-order valence-electron chi connectivity index (χ3n) is 2.19. The minimum Gasteiger partial charge on any atom is -0.317 e. The number of halogens is 1. The number of nitrogens with one attached hydrogen (secondary N) is 1. The van der Waals surface area contributed by atoms with Crippen LogP contribution in [0.1, 0.15) is 11.8 Å². The monoisotopic (exact) mass is 247 g/mol. The molecule has 1 unspecified atom stereocenters. The summed E-state index contributed by atoms with van der Waals surface area (Å²) in [4.78, 5) is 1.49. The van der Waals surface area contributed by atoms with E-state index in [1.807, 2.05) is 29.7 Å². The molecule has 78 valence electrons. The van der Waals surface area contributed by atoms with Crippen LogP contribution in [0.4, 0.5) is 0 Å². The van der Waals surface area contributed by atoms with Gasteiger partial charge in [0.25, 0.3) is 0 Å². The van der Waals surface area contributed by atoms with Gasteiger partial charge in [-0.1, -0.05) is 0 Å². The molecule has 2 aromatic heterocycles. The molecular weight excluding hydrogens is 234 g/mol. The molecule has 1 nitrogen and oxygen atoms in total. The molecule has 0 spiro atoms. The van der Waals surface area contributed by atoms with Gasteiger partial charge in [0, 0.05) is 20.3 Å². The van der Waals surface area contributed by atoms with Crippen molar-refractivity contribution in [3.05, 3.63) is 22.4 Å². The van der Waals surface area contributed by atoms with Gasteiger partial charge in [-0.3, -0.25) is 0 Å². The third kappa shape index (κ3) is 2.48. The first-order valence-electron chi connectivity index (χ1n) is 4.43. The standard InChI is InChI=1S/C10H13NS2.ClH/c1-7(11-2)5-8-6-10-9(13-8)3-4-12-10;/h3-4,6-7,11H,5H2,1-2H3;1H. The molecule has 0 aromatic carbocycles. The first-order chi connectivity index (χ1) is 6.29. The lowest BCUT2D eigenvalue weighted by Crippen LogP contribution is -2.22. The highest BCUT2D eigenvalue weighted by Crippen LogP contribution is 2.30. The van der Waals surface area contributed by atoms with E-state index < -0.39 is 0 Å². The van der Waals surface area contributed by atoms with Crippen LogP contribution in [0.2, 0.25) is 0 Å². The summed E-state index contributed by atoms with van der Waals surface area (Å²) in [5, 5.41) is 5.42. The molecule has 0 amide bonds. The minimum absolute atomic E-state index is 0. The lowest BCUT2D eigenvalue weighted by atomic mass is 10.2. The van der Waals surface area contributed by atoms with E-state index in [9.17, 15) is 0 Å². The average Bonchev–Trinajstić information content (AvgIpc) is 2.63. The van der Waals surface area contributed by atoms with Crippen LogP contribution in [0, 0.1) is 0 Å². The van der Waals surface area contributed by atoms with Crippen molar-refractivity contribution in [1.82, 2.24) is 5.32 Å². The molecule has 4 heteroatoms. The van der Waals surface area contributed by atoms with Gasteiger partial charge in [0.1, 0.15) is 0 Å². The van der Waals surface area contributed by atoms with Gasteiger partial charge in [-0.05, 0) is 37.9 Å². The minimum atomic E-state index is 0. The number of thiophene rings is 2. The van der Waals surface area contributed by atoms with Crippen LogP contribution in [0.3, 0.4) is 0 Å². The van der Waals surface area contributed by atoms with E-state index in [1.165, 1.54) is 14.3 Å². The number of hydrogen-bond donors (Lipinski definition) is 1. The van der Waals surface area contributed by atoms with Crippen molar-refractivity contribution < 1.29 is 0 Å². The number of fused-ring (bicyclic) bond motifs is 1. The van der Waals surface area contributed by atoms with E-state index in [0.717, 1.165) is 6.42 Å². The first-order valence-corrected chi connectivity index (χ1v) is 6.12. The van der Waals surface area contributed by atoms with Crippen LogP contribution in [0.25, 0.3) is 9.40 Å². The van der Waals surface area contributed by atoms with Crippen LogP contribution in [0.5, 0.6) is 0 Å². The molecule has 0 saturated carbocycles. The van der Waals surface area contributed by atoms with E-state index in [-0.39, 0.29) is 12.4 Å². The zero-order valence-corrected chi connectivity index (χ0v) is 10.7. The van der Waals surface area contributed by atoms with Crippen molar-refractivity contribution in [3.8, 4) is 0 Å². The molecule has 2 aromatic rings. The summed E-state index contributed by atoms with van der Waals surface area (Å²) in [5.74, 6) is 0. The largest absolute Gasteiger partial charge is 0.317 e. The Morgan fingerprint density at radius 2 is 2.21 bits per heavy atom. The molecule has 0 bridgehead atoms. The van der Waals surface area contributed by atoms with Gasteiger partial charge in [-0.15, -0.1) is 35.1 Å². The Kier molecular flexibility index (Phi) is 4.38. The average molecular weight is 248 g/mol. The molecule has 0 saturated heterocycles. The van der Waals surface area contributed by atoms with E-state index >= 15 is 0 Å². The van der Waals surface area contributed by atoms with E-state index in [4.69, 9.17) is 0 Å². The van der Waals surface area contributed by atoms with Gasteiger partial charge < -0.3 is 5.32 Å². The molecule has 0 aliphatic rings. The van der Waals surface area contributed by atoms with Crippen molar-refractivity contribution >= 4 is 44.5 Å². The summed E-state index contributed by atoms with van der Waals surface area (Å²) in [5.41, 5.74) is 0. The summed E-state index contributed by atoms with van der Waals surface area (Å²) in [6.45, 7) is 2.22. The lowest BCUT2D eigenvalue weighted by Gasteiger charge is -2.06. The first kappa shape index (κ1) is 12.0. The highest BCUT2D eigenvalue weighted by Gasteiger charge is 2.05. The third-order valence-corrected chi connectivity index (χ3v) is 4.31. The van der Waals surface area contributed by atoms with Crippen LogP contribution in [0.15, 0.2) is 17.5 Å². The van der Waals surface area contributed by atoms with E-state index in [2.05, 4.69) is 29.8 Å². The lowest BCUT2D eigenvalue weighted by molar-refractivity contribution is 0.613. The fraction of sp³-hybridized carbons (Fsp3) is 0.400. The van der Waals surface area contributed by atoms with Crippen LogP contribution in [-0.4, -0.2) is 13.1 Å². The van der Waals surface area contributed by atoms with Crippen LogP contribution in [-0.2, 0) is 6.42 Å². The Balaban J connectivity index is 0.000000980. The Labute approximate surface area is 98.6 Å². The van der Waals surface area contributed by atoms with E-state index in [1.54, 1.807) is 0 Å². The SMILES string of the molecule is CNC(C)Cc1cc2sccc2s1.Cl. The van der Waals surface area contributed by atoms with Gasteiger partial charge in [-0.2, -0.15) is 0 Å². The van der Waals surface area contributed by atoms with E-state index in [0.29, 0.717) is 6.04 Å². The second-order valence-electron chi connectivity index (χ2n) is 3.26. The Morgan fingerprint density at radius 3 is 2.86 bits per heavy atom. The Morgan fingerprint density at radius 1 is 1.43 bits per heavy atom. The zero-order chi connectivity index (χ0) is 9.26. The van der Waals surface area contributed by atoms with Gasteiger partial charge >= 0.3 is 0 Å². The molecule has 0 fully saturated rings. The zero-order valence-electron chi connectivity index (χ0n) is 8.24. The second-order valence-corrected chi connectivity index (χ2v) is 5.37. The predicted octanol–water partition coefficient (Wildman–Crippen LogP) is 3.54. The van der Waals surface area contributed by atoms with Crippen molar-refractivity contribution in [3.63, 3.8) is 0 Å². The van der Waals surface area contributed by atoms with Gasteiger partial charge in [0.05, 0.1) is 0 Å². The molecule has 14 heavy (non-hydrogen) atoms. The highest BCUT2D eigenvalue weighted by atomic mass is 35.5. The molecule has 0 aliphatic carbocycles. The molecule has 0 aliphatic heterocycles. The molecular formula is C10H14ClNS2. The highest BCUT2D eigenvalue weighted by molar-refractivity contribution is 7.26. The summed E-state index contributed by atoms with van der Waals surface area (Å²) >= 11 is 3.75. The normalized spacial score (nSPS) is 12.7. The summed E-state index contributed by atoms with van der Waals surface area (Å²) in [6.07, 6.45) is 1.14. The molecule has 1 N–H and O–H groups in total. The number of hydrogen-bond acceptors (Lipinski definition) is 3. The topological polar surface area (TPSA) is 12.0 Å². The fourth-order valence-corrected chi connectivity index (χ4v) is 3.58. The van der Waals surface area contributed by atoms with Crippen molar-refractivity contribution in [2.75, 3.05) is 7.05 Å². The second kappa shape index (κ2) is 5.12. The van der Waals surface area contributed by atoms with Crippen molar-refractivity contribution in [2.45, 2.75) is 19.4 Å². The smallest absolute Gasteiger partial charge is 0.0453 e. The fourth-order valence-electron chi connectivity index (χ4n) is 1.32. The molecule has 1 atom stereocenters. The predicted molar refractivity (Wildman–Crippen MR) is 69.2 cm³/mol. The maximum Gasteiger partial charge on any atom is 0.0453 e. The molecule has 0 radical (unpaired) electrons. The van der Waals surface area contributed by atoms with Gasteiger partial charge in [-0.25, -0.2) is 0 Å². The summed E-state index contributed by atoms with van der Waals surface area (Å²) in [6, 6.07) is 5.10. The Hall–Kier alpha value is -0.0900. The molecule has 2 rings (SSSR count).